The molecule has 0 spiro atoms. The Labute approximate surface area is 103 Å². The number of pyridine rings is 1. The molecule has 0 aliphatic heterocycles. The Morgan fingerprint density at radius 2 is 2.12 bits per heavy atom. The molecule has 1 aromatic rings. The van der Waals surface area contributed by atoms with Crippen molar-refractivity contribution < 1.29 is 0 Å². The fourth-order valence-corrected chi connectivity index (χ4v) is 2.32. The molecule has 2 aliphatic rings. The molecular weight excluding hydrogens is 210 g/mol. The highest BCUT2D eigenvalue weighted by Gasteiger charge is 2.33. The third-order valence-corrected chi connectivity index (χ3v) is 3.58. The first-order valence-electron chi connectivity index (χ1n) is 6.82. The van der Waals surface area contributed by atoms with Gasteiger partial charge < -0.3 is 10.2 Å². The molecule has 0 unspecified atom stereocenters. The Morgan fingerprint density at radius 1 is 1.29 bits per heavy atom. The Kier molecular flexibility index (Phi) is 2.91. The van der Waals surface area contributed by atoms with E-state index in [0.29, 0.717) is 0 Å². The summed E-state index contributed by atoms with van der Waals surface area (Å²) in [5.41, 5.74) is 2.45. The topological polar surface area (TPSA) is 28.2 Å². The van der Waals surface area contributed by atoms with E-state index in [9.17, 15) is 0 Å². The van der Waals surface area contributed by atoms with Gasteiger partial charge in [0.2, 0.25) is 0 Å². The fraction of sp³-hybridized carbons (Fsp3) is 0.643. The van der Waals surface area contributed by atoms with E-state index in [1.54, 1.807) is 0 Å². The summed E-state index contributed by atoms with van der Waals surface area (Å²) < 4.78 is 0. The van der Waals surface area contributed by atoms with E-state index in [-0.39, 0.29) is 0 Å². The molecule has 0 saturated heterocycles. The van der Waals surface area contributed by atoms with Gasteiger partial charge in [-0.1, -0.05) is 0 Å². The molecule has 17 heavy (non-hydrogen) atoms. The fourth-order valence-electron chi connectivity index (χ4n) is 2.32. The molecule has 92 valence electrons. The lowest BCUT2D eigenvalue weighted by molar-refractivity contribution is 0.717. The van der Waals surface area contributed by atoms with Gasteiger partial charge in [-0.25, -0.2) is 0 Å². The predicted molar refractivity (Wildman–Crippen MR) is 71.5 cm³/mol. The third kappa shape index (κ3) is 2.71. The number of nitrogens with one attached hydrogen (secondary N) is 1. The van der Waals surface area contributed by atoms with Crippen molar-refractivity contribution in [1.29, 1.82) is 0 Å². The smallest absolute Gasteiger partial charge is 0.0576 e. The quantitative estimate of drug-likeness (QED) is 0.816. The van der Waals surface area contributed by atoms with Crippen LogP contribution in [0.1, 0.15) is 32.6 Å². The van der Waals surface area contributed by atoms with E-state index in [2.05, 4.69) is 28.2 Å². The number of anilines is 2. The number of hydrogen-bond donors (Lipinski definition) is 1. The standard InChI is InChI=1S/C14H21N3/c1-2-16-12-7-14(9-15-8-12)17(13-5-6-13)10-11-3-4-11/h7-9,11,13,16H,2-6,10H2,1H3. The van der Waals surface area contributed by atoms with Gasteiger partial charge in [-0.05, 0) is 44.6 Å². The van der Waals surface area contributed by atoms with Crippen molar-refractivity contribution in [3.8, 4) is 0 Å². The summed E-state index contributed by atoms with van der Waals surface area (Å²) in [6.45, 7) is 4.31. The highest BCUT2D eigenvalue weighted by Crippen LogP contribution is 2.37. The first kappa shape index (κ1) is 10.9. The second-order valence-electron chi connectivity index (χ2n) is 5.29. The van der Waals surface area contributed by atoms with Crippen molar-refractivity contribution in [3.05, 3.63) is 18.5 Å². The van der Waals surface area contributed by atoms with Crippen LogP contribution in [0.15, 0.2) is 18.5 Å². The van der Waals surface area contributed by atoms with Crippen LogP contribution in [0.3, 0.4) is 0 Å². The molecular formula is C14H21N3. The zero-order chi connectivity index (χ0) is 11.7. The van der Waals surface area contributed by atoms with Crippen LogP contribution in [-0.4, -0.2) is 24.1 Å². The summed E-state index contributed by atoms with van der Waals surface area (Å²) in [5.74, 6) is 0.943. The van der Waals surface area contributed by atoms with Crippen molar-refractivity contribution in [2.45, 2.75) is 38.6 Å². The molecule has 0 amide bonds. The Balaban J connectivity index is 1.76. The van der Waals surface area contributed by atoms with E-state index in [0.717, 1.165) is 24.2 Å². The van der Waals surface area contributed by atoms with Gasteiger partial charge in [0.15, 0.2) is 0 Å². The van der Waals surface area contributed by atoms with Crippen LogP contribution in [0.4, 0.5) is 11.4 Å². The zero-order valence-corrected chi connectivity index (χ0v) is 10.5. The van der Waals surface area contributed by atoms with Gasteiger partial charge in [0.05, 0.1) is 23.8 Å². The minimum absolute atomic E-state index is 0.786. The lowest BCUT2D eigenvalue weighted by atomic mass is 10.3. The maximum Gasteiger partial charge on any atom is 0.0576 e. The first-order valence-corrected chi connectivity index (χ1v) is 6.82. The summed E-state index contributed by atoms with van der Waals surface area (Å²) in [5, 5.41) is 3.34. The van der Waals surface area contributed by atoms with Crippen LogP contribution in [0.5, 0.6) is 0 Å². The Bertz CT molecular complexity index is 383. The number of rotatable bonds is 6. The molecule has 3 rings (SSSR count). The van der Waals surface area contributed by atoms with Crippen molar-refractivity contribution in [2.75, 3.05) is 23.3 Å². The maximum absolute atomic E-state index is 4.36. The molecule has 3 heteroatoms. The first-order chi connectivity index (χ1) is 8.36. The molecule has 0 atom stereocenters. The van der Waals surface area contributed by atoms with Crippen LogP contribution in [0.25, 0.3) is 0 Å². The van der Waals surface area contributed by atoms with Crippen molar-refractivity contribution >= 4 is 11.4 Å². The average molecular weight is 231 g/mol. The van der Waals surface area contributed by atoms with Crippen LogP contribution in [0, 0.1) is 5.92 Å². The second kappa shape index (κ2) is 4.55. The highest BCUT2D eigenvalue weighted by molar-refractivity contribution is 5.56. The molecule has 2 fully saturated rings. The van der Waals surface area contributed by atoms with E-state index < -0.39 is 0 Å². The van der Waals surface area contributed by atoms with Crippen LogP contribution < -0.4 is 10.2 Å². The second-order valence-corrected chi connectivity index (χ2v) is 5.29. The molecule has 0 bridgehead atoms. The van der Waals surface area contributed by atoms with Gasteiger partial charge in [0.25, 0.3) is 0 Å². The van der Waals surface area contributed by atoms with Gasteiger partial charge in [-0.3, -0.25) is 4.98 Å². The number of aromatic nitrogens is 1. The summed E-state index contributed by atoms with van der Waals surface area (Å²) in [6, 6.07) is 3.03. The zero-order valence-electron chi connectivity index (χ0n) is 10.5. The van der Waals surface area contributed by atoms with Gasteiger partial charge in [0.1, 0.15) is 0 Å². The minimum Gasteiger partial charge on any atom is -0.384 e. The predicted octanol–water partition coefficient (Wildman–Crippen LogP) is 2.89. The van der Waals surface area contributed by atoms with Gasteiger partial charge >= 0.3 is 0 Å². The summed E-state index contributed by atoms with van der Waals surface area (Å²) >= 11 is 0. The van der Waals surface area contributed by atoms with E-state index in [1.807, 2.05) is 12.4 Å². The SMILES string of the molecule is CCNc1cncc(N(CC2CC2)C2CC2)c1. The summed E-state index contributed by atoms with van der Waals surface area (Å²) in [6.07, 6.45) is 9.49. The molecule has 1 aromatic heterocycles. The molecule has 2 aliphatic carbocycles. The van der Waals surface area contributed by atoms with E-state index in [1.165, 1.54) is 37.9 Å². The van der Waals surface area contributed by atoms with Gasteiger partial charge in [0, 0.05) is 19.1 Å². The summed E-state index contributed by atoms with van der Waals surface area (Å²) in [7, 11) is 0. The average Bonchev–Trinajstić information content (AvgIpc) is 3.20. The monoisotopic (exact) mass is 231 g/mol. The van der Waals surface area contributed by atoms with Crippen LogP contribution in [0.2, 0.25) is 0 Å². The maximum atomic E-state index is 4.36. The van der Waals surface area contributed by atoms with Gasteiger partial charge in [-0.2, -0.15) is 0 Å². The lowest BCUT2D eigenvalue weighted by Gasteiger charge is -2.24. The molecule has 1 heterocycles. The summed E-state index contributed by atoms with van der Waals surface area (Å²) in [4.78, 5) is 6.93. The Hall–Kier alpha value is -1.25. The molecule has 1 N–H and O–H groups in total. The van der Waals surface area contributed by atoms with Crippen molar-refractivity contribution in [1.82, 2.24) is 4.98 Å². The number of hydrogen-bond acceptors (Lipinski definition) is 3. The van der Waals surface area contributed by atoms with Crippen LogP contribution >= 0.6 is 0 Å². The highest BCUT2D eigenvalue weighted by atomic mass is 15.2. The van der Waals surface area contributed by atoms with Crippen molar-refractivity contribution in [2.24, 2.45) is 5.92 Å². The van der Waals surface area contributed by atoms with Crippen LogP contribution in [-0.2, 0) is 0 Å². The normalized spacial score (nSPS) is 19.1. The molecule has 0 radical (unpaired) electrons. The van der Waals surface area contributed by atoms with Gasteiger partial charge in [-0.15, -0.1) is 0 Å². The lowest BCUT2D eigenvalue weighted by Crippen LogP contribution is -2.28. The number of nitrogens with zero attached hydrogens (tertiary/aromatic N) is 2. The van der Waals surface area contributed by atoms with Crippen molar-refractivity contribution in [3.63, 3.8) is 0 Å². The largest absolute Gasteiger partial charge is 0.384 e. The molecule has 0 aromatic carbocycles. The molecule has 2 saturated carbocycles. The third-order valence-electron chi connectivity index (χ3n) is 3.58. The van der Waals surface area contributed by atoms with E-state index in [4.69, 9.17) is 0 Å². The minimum atomic E-state index is 0.786. The molecule has 3 nitrogen and oxygen atoms in total. The Morgan fingerprint density at radius 3 is 2.76 bits per heavy atom. The van der Waals surface area contributed by atoms with E-state index >= 15 is 0 Å².